The second-order valence-electron chi connectivity index (χ2n) is 9.97. The number of ether oxygens (including phenoxy) is 1. The molecule has 2 aromatic rings. The lowest BCUT2D eigenvalue weighted by molar-refractivity contribution is -0.143. The Morgan fingerprint density at radius 3 is 2.26 bits per heavy atom. The van der Waals surface area contributed by atoms with Crippen LogP contribution in [0.4, 0.5) is 4.79 Å². The van der Waals surface area contributed by atoms with E-state index in [4.69, 9.17) is 4.74 Å². The normalized spacial score (nSPS) is 20.7. The second-order valence-corrected chi connectivity index (χ2v) is 9.97. The molecule has 0 aromatic heterocycles. The monoisotopic (exact) mass is 478 g/mol. The number of carboxylic acid groups (broad SMARTS) is 1. The van der Waals surface area contributed by atoms with Gasteiger partial charge in [-0.1, -0.05) is 61.9 Å². The number of hydrogen-bond donors (Lipinski definition) is 3. The van der Waals surface area contributed by atoms with Crippen molar-refractivity contribution < 1.29 is 24.2 Å². The first-order valence-corrected chi connectivity index (χ1v) is 12.4. The smallest absolute Gasteiger partial charge is 0.407 e. The van der Waals surface area contributed by atoms with Crippen molar-refractivity contribution >= 4 is 18.0 Å². The van der Waals surface area contributed by atoms with Gasteiger partial charge in [0.05, 0.1) is 11.3 Å². The molecule has 7 nitrogen and oxygen atoms in total. The fourth-order valence-corrected chi connectivity index (χ4v) is 5.19. The second kappa shape index (κ2) is 10.5. The van der Waals surface area contributed by atoms with Gasteiger partial charge in [-0.15, -0.1) is 0 Å². The van der Waals surface area contributed by atoms with Crippen molar-refractivity contribution in [3.63, 3.8) is 0 Å². The summed E-state index contributed by atoms with van der Waals surface area (Å²) < 4.78 is 5.60. The quantitative estimate of drug-likeness (QED) is 0.510. The average molecular weight is 479 g/mol. The molecule has 3 N–H and O–H groups in total. The van der Waals surface area contributed by atoms with Crippen LogP contribution in [0.25, 0.3) is 11.1 Å². The van der Waals surface area contributed by atoms with Gasteiger partial charge in [0.1, 0.15) is 6.61 Å². The van der Waals surface area contributed by atoms with E-state index >= 15 is 0 Å². The molecule has 1 unspecified atom stereocenters. The van der Waals surface area contributed by atoms with Gasteiger partial charge in [0, 0.05) is 18.5 Å². The Morgan fingerprint density at radius 1 is 1.03 bits per heavy atom. The Hall–Kier alpha value is -3.35. The number of carbonyl (C=O) groups is 3. The molecule has 1 fully saturated rings. The SMILES string of the molecule is CCC(C)(CNC(=O)OCC1c2ccccc2-c2ccccc21)C(=O)N[C@H]1CCC[C@@H](C(=O)O)C1. The van der Waals surface area contributed by atoms with Crippen LogP contribution in [0, 0.1) is 11.3 Å². The van der Waals surface area contributed by atoms with Crippen LogP contribution in [0.1, 0.15) is 63.0 Å². The Balaban J connectivity index is 1.32. The highest BCUT2D eigenvalue weighted by Gasteiger charge is 2.36. The molecule has 1 saturated carbocycles. The van der Waals surface area contributed by atoms with Crippen LogP contribution in [-0.4, -0.2) is 42.3 Å². The fraction of sp³-hybridized carbons (Fsp3) is 0.464. The van der Waals surface area contributed by atoms with Crippen molar-refractivity contribution in [2.45, 2.75) is 57.9 Å². The Bertz CT molecular complexity index is 1050. The van der Waals surface area contributed by atoms with Gasteiger partial charge >= 0.3 is 12.1 Å². The van der Waals surface area contributed by atoms with Crippen LogP contribution in [0.5, 0.6) is 0 Å². The van der Waals surface area contributed by atoms with Gasteiger partial charge in [-0.3, -0.25) is 9.59 Å². The summed E-state index contributed by atoms with van der Waals surface area (Å²) >= 11 is 0. The molecule has 0 aliphatic heterocycles. The summed E-state index contributed by atoms with van der Waals surface area (Å²) in [6.07, 6.45) is 2.62. The van der Waals surface area contributed by atoms with E-state index in [0.717, 1.165) is 24.0 Å². The first kappa shape index (κ1) is 24.8. The third-order valence-electron chi connectivity index (χ3n) is 7.65. The maximum atomic E-state index is 13.0. The van der Waals surface area contributed by atoms with Crippen LogP contribution < -0.4 is 10.6 Å². The van der Waals surface area contributed by atoms with Gasteiger partial charge < -0.3 is 20.5 Å². The fourth-order valence-electron chi connectivity index (χ4n) is 5.19. The van der Waals surface area contributed by atoms with Gasteiger partial charge in [0.25, 0.3) is 0 Å². The number of carboxylic acids is 1. The van der Waals surface area contributed by atoms with Gasteiger partial charge in [-0.2, -0.15) is 0 Å². The summed E-state index contributed by atoms with van der Waals surface area (Å²) in [6.45, 7) is 4.07. The lowest BCUT2D eigenvalue weighted by atomic mass is 9.83. The Labute approximate surface area is 206 Å². The summed E-state index contributed by atoms with van der Waals surface area (Å²) in [6, 6.07) is 16.2. The van der Waals surface area contributed by atoms with E-state index < -0.39 is 23.4 Å². The molecule has 2 amide bonds. The van der Waals surface area contributed by atoms with E-state index in [0.29, 0.717) is 19.3 Å². The zero-order valence-electron chi connectivity index (χ0n) is 20.4. The lowest BCUT2D eigenvalue weighted by Crippen LogP contribution is -2.50. The molecule has 4 rings (SSSR count). The molecule has 0 spiro atoms. The summed E-state index contributed by atoms with van der Waals surface area (Å²) in [7, 11) is 0. The average Bonchev–Trinajstić information content (AvgIpc) is 3.19. The third kappa shape index (κ3) is 5.34. The molecule has 2 aromatic carbocycles. The largest absolute Gasteiger partial charge is 0.481 e. The topological polar surface area (TPSA) is 105 Å². The number of hydrogen-bond acceptors (Lipinski definition) is 4. The van der Waals surface area contributed by atoms with Crippen LogP contribution in [0.15, 0.2) is 48.5 Å². The number of nitrogens with one attached hydrogen (secondary N) is 2. The third-order valence-corrected chi connectivity index (χ3v) is 7.65. The molecule has 186 valence electrons. The predicted octanol–water partition coefficient (Wildman–Crippen LogP) is 4.70. The van der Waals surface area contributed by atoms with Crippen LogP contribution in [0.2, 0.25) is 0 Å². The maximum absolute atomic E-state index is 13.0. The Morgan fingerprint density at radius 2 is 1.66 bits per heavy atom. The number of rotatable bonds is 8. The number of amides is 2. The van der Waals surface area contributed by atoms with Crippen molar-refractivity contribution in [3.8, 4) is 11.1 Å². The van der Waals surface area contributed by atoms with Crippen LogP contribution in [-0.2, 0) is 14.3 Å². The molecule has 7 heteroatoms. The summed E-state index contributed by atoms with van der Waals surface area (Å²) in [5.41, 5.74) is 3.81. The molecule has 35 heavy (non-hydrogen) atoms. The predicted molar refractivity (Wildman–Crippen MR) is 133 cm³/mol. The van der Waals surface area contributed by atoms with E-state index in [-0.39, 0.29) is 31.0 Å². The maximum Gasteiger partial charge on any atom is 0.407 e. The van der Waals surface area contributed by atoms with Crippen molar-refractivity contribution in [3.05, 3.63) is 59.7 Å². The van der Waals surface area contributed by atoms with Crippen molar-refractivity contribution in [2.24, 2.45) is 11.3 Å². The molecule has 2 aliphatic carbocycles. The summed E-state index contributed by atoms with van der Waals surface area (Å²) in [5, 5.41) is 15.1. The van der Waals surface area contributed by atoms with E-state index in [1.165, 1.54) is 11.1 Å². The highest BCUT2D eigenvalue weighted by atomic mass is 16.5. The van der Waals surface area contributed by atoms with E-state index in [1.807, 2.05) is 38.1 Å². The number of carbonyl (C=O) groups excluding carboxylic acids is 2. The van der Waals surface area contributed by atoms with Crippen LogP contribution in [0.3, 0.4) is 0 Å². The summed E-state index contributed by atoms with van der Waals surface area (Å²) in [4.78, 5) is 37.0. The molecule has 0 heterocycles. The minimum absolute atomic E-state index is 0.0255. The van der Waals surface area contributed by atoms with E-state index in [2.05, 4.69) is 34.9 Å². The number of alkyl carbamates (subject to hydrolysis) is 1. The molecular formula is C28H34N2O5. The zero-order valence-corrected chi connectivity index (χ0v) is 20.4. The zero-order chi connectivity index (χ0) is 25.0. The highest BCUT2D eigenvalue weighted by Crippen LogP contribution is 2.44. The van der Waals surface area contributed by atoms with Crippen molar-refractivity contribution in [1.82, 2.24) is 10.6 Å². The van der Waals surface area contributed by atoms with Gasteiger partial charge in [-0.25, -0.2) is 4.79 Å². The minimum atomic E-state index is -0.818. The molecular weight excluding hydrogens is 444 g/mol. The van der Waals surface area contributed by atoms with Gasteiger partial charge in [0.15, 0.2) is 0 Å². The van der Waals surface area contributed by atoms with Gasteiger partial charge in [-0.05, 0) is 54.9 Å². The molecule has 0 saturated heterocycles. The van der Waals surface area contributed by atoms with Crippen molar-refractivity contribution in [2.75, 3.05) is 13.2 Å². The molecule has 3 atom stereocenters. The first-order valence-electron chi connectivity index (χ1n) is 12.4. The minimum Gasteiger partial charge on any atom is -0.481 e. The highest BCUT2D eigenvalue weighted by molar-refractivity contribution is 5.83. The number of benzene rings is 2. The van der Waals surface area contributed by atoms with E-state index in [1.54, 1.807) is 0 Å². The van der Waals surface area contributed by atoms with Gasteiger partial charge in [0.2, 0.25) is 5.91 Å². The van der Waals surface area contributed by atoms with E-state index in [9.17, 15) is 19.5 Å². The van der Waals surface area contributed by atoms with Crippen molar-refractivity contribution in [1.29, 1.82) is 0 Å². The first-order chi connectivity index (χ1) is 16.8. The lowest BCUT2D eigenvalue weighted by Gasteiger charge is -2.33. The standard InChI is InChI=1S/C28H34N2O5/c1-3-28(2,26(33)30-19-10-8-9-18(15-19)25(31)32)17-29-27(34)35-16-24-22-13-6-4-11-20(22)21-12-5-7-14-23(21)24/h4-7,11-14,18-19,24H,3,8-10,15-17H2,1-2H3,(H,29,34)(H,30,33)(H,31,32)/t18-,19+,28?/m1/s1. The Kier molecular flexibility index (Phi) is 7.43. The molecule has 2 aliphatic rings. The number of aliphatic carboxylic acids is 1. The number of fused-ring (bicyclic) bond motifs is 3. The van der Waals surface area contributed by atoms with Crippen LogP contribution >= 0.6 is 0 Å². The molecule has 0 bridgehead atoms. The molecule has 0 radical (unpaired) electrons. The summed E-state index contributed by atoms with van der Waals surface area (Å²) in [5.74, 6) is -1.42.